The first-order valence-electron chi connectivity index (χ1n) is 8.83. The Morgan fingerprint density at radius 2 is 1.62 bits per heavy atom. The number of aryl methyl sites for hydroxylation is 2. The number of carbonyl (C=O) groups excluding carboxylic acids is 2. The number of amides is 2. The Bertz CT molecular complexity index is 827. The lowest BCUT2D eigenvalue weighted by atomic mass is 10.0. The molecular weight excluding hydrogens is 331 g/mol. The fraction of sp³-hybridized carbons (Fsp3) is 0.333. The summed E-state index contributed by atoms with van der Waals surface area (Å²) in [6, 6.07) is 12.1. The van der Waals surface area contributed by atoms with Gasteiger partial charge in [0.15, 0.2) is 0 Å². The fourth-order valence-electron chi connectivity index (χ4n) is 3.30. The summed E-state index contributed by atoms with van der Waals surface area (Å²) in [5, 5.41) is 0. The zero-order valence-electron chi connectivity index (χ0n) is 15.2. The zero-order chi connectivity index (χ0) is 18.7. The van der Waals surface area contributed by atoms with Crippen molar-refractivity contribution < 1.29 is 14.0 Å². The van der Waals surface area contributed by atoms with Gasteiger partial charge in [-0.15, -0.1) is 0 Å². The highest BCUT2D eigenvalue weighted by Crippen LogP contribution is 2.16. The van der Waals surface area contributed by atoms with Crippen molar-refractivity contribution in [2.24, 2.45) is 0 Å². The zero-order valence-corrected chi connectivity index (χ0v) is 15.2. The molecular formula is C21H23FN2O2. The molecule has 1 fully saturated rings. The number of halogens is 1. The maximum atomic E-state index is 13.7. The average Bonchev–Trinajstić information content (AvgIpc) is 2.63. The number of carbonyl (C=O) groups is 2. The van der Waals surface area contributed by atoms with Crippen molar-refractivity contribution in [3.8, 4) is 0 Å². The summed E-state index contributed by atoms with van der Waals surface area (Å²) in [4.78, 5) is 28.6. The van der Waals surface area contributed by atoms with Gasteiger partial charge in [0.1, 0.15) is 5.82 Å². The number of nitrogens with zero attached hydrogens (tertiary/aromatic N) is 2. The Balaban J connectivity index is 1.59. The molecule has 0 N–H and O–H groups in total. The first-order chi connectivity index (χ1) is 12.5. The van der Waals surface area contributed by atoms with E-state index in [1.165, 1.54) is 6.07 Å². The minimum Gasteiger partial charge on any atom is -0.339 e. The second-order valence-corrected chi connectivity index (χ2v) is 6.76. The van der Waals surface area contributed by atoms with Crippen molar-refractivity contribution in [2.45, 2.75) is 20.3 Å². The largest absolute Gasteiger partial charge is 0.339 e. The highest BCUT2D eigenvalue weighted by Gasteiger charge is 2.25. The van der Waals surface area contributed by atoms with E-state index in [2.05, 4.69) is 0 Å². The van der Waals surface area contributed by atoms with Gasteiger partial charge >= 0.3 is 0 Å². The highest BCUT2D eigenvalue weighted by molar-refractivity contribution is 5.96. The summed E-state index contributed by atoms with van der Waals surface area (Å²) < 4.78 is 13.7. The van der Waals surface area contributed by atoms with Gasteiger partial charge in [0, 0.05) is 31.7 Å². The Morgan fingerprint density at radius 3 is 2.27 bits per heavy atom. The van der Waals surface area contributed by atoms with Gasteiger partial charge in [0.05, 0.1) is 6.42 Å². The van der Waals surface area contributed by atoms with Crippen LogP contribution in [0.1, 0.15) is 27.0 Å². The van der Waals surface area contributed by atoms with Crippen LogP contribution in [0, 0.1) is 19.7 Å². The van der Waals surface area contributed by atoms with Crippen LogP contribution in [0.5, 0.6) is 0 Å². The lowest BCUT2D eigenvalue weighted by Gasteiger charge is -2.35. The maximum absolute atomic E-state index is 13.7. The summed E-state index contributed by atoms with van der Waals surface area (Å²) in [6.07, 6.45) is 0.0533. The van der Waals surface area contributed by atoms with Crippen LogP contribution in [-0.2, 0) is 11.2 Å². The standard InChI is InChI=1S/C21H23FN2O2/c1-15-7-8-18(16(2)13-15)21(26)24-11-9-23(10-12-24)20(25)14-17-5-3-4-6-19(17)22/h3-8,13H,9-12,14H2,1-2H3. The Kier molecular flexibility index (Phi) is 5.35. The molecule has 0 unspecified atom stereocenters. The summed E-state index contributed by atoms with van der Waals surface area (Å²) in [5.74, 6) is -0.457. The first-order valence-corrected chi connectivity index (χ1v) is 8.83. The first kappa shape index (κ1) is 18.1. The topological polar surface area (TPSA) is 40.6 Å². The minimum atomic E-state index is -0.357. The minimum absolute atomic E-state index is 0.00343. The van der Waals surface area contributed by atoms with E-state index < -0.39 is 0 Å². The molecule has 3 rings (SSSR count). The smallest absolute Gasteiger partial charge is 0.254 e. The molecule has 0 saturated carbocycles. The summed E-state index contributed by atoms with van der Waals surface area (Å²) in [7, 11) is 0. The van der Waals surface area contributed by atoms with Crippen molar-refractivity contribution in [3.05, 3.63) is 70.5 Å². The normalized spacial score (nSPS) is 14.4. The Hall–Kier alpha value is -2.69. The fourth-order valence-corrected chi connectivity index (χ4v) is 3.30. The van der Waals surface area contributed by atoms with E-state index in [4.69, 9.17) is 0 Å². The molecule has 0 spiro atoms. The van der Waals surface area contributed by atoms with Gasteiger partial charge < -0.3 is 9.80 Å². The molecule has 2 aromatic carbocycles. The number of hydrogen-bond donors (Lipinski definition) is 0. The van der Waals surface area contributed by atoms with Crippen LogP contribution in [0.3, 0.4) is 0 Å². The van der Waals surface area contributed by atoms with Crippen molar-refractivity contribution in [3.63, 3.8) is 0 Å². The van der Waals surface area contributed by atoms with Crippen LogP contribution in [0.25, 0.3) is 0 Å². The van der Waals surface area contributed by atoms with E-state index in [-0.39, 0.29) is 24.1 Å². The Morgan fingerprint density at radius 1 is 0.962 bits per heavy atom. The molecule has 1 saturated heterocycles. The van der Waals surface area contributed by atoms with Crippen LogP contribution in [0.4, 0.5) is 4.39 Å². The predicted molar refractivity (Wildman–Crippen MR) is 98.5 cm³/mol. The Labute approximate surface area is 153 Å². The molecule has 1 aliphatic heterocycles. The van der Waals surface area contributed by atoms with Gasteiger partial charge in [0.2, 0.25) is 5.91 Å². The molecule has 4 nitrogen and oxygen atoms in total. The van der Waals surface area contributed by atoms with Gasteiger partial charge in [-0.05, 0) is 37.1 Å². The number of piperazine rings is 1. The highest BCUT2D eigenvalue weighted by atomic mass is 19.1. The number of hydrogen-bond acceptors (Lipinski definition) is 2. The summed E-state index contributed by atoms with van der Waals surface area (Å²) in [6.45, 7) is 5.88. The van der Waals surface area contributed by atoms with Gasteiger partial charge in [-0.1, -0.05) is 35.9 Å². The molecule has 0 radical (unpaired) electrons. The van der Waals surface area contributed by atoms with E-state index >= 15 is 0 Å². The van der Waals surface area contributed by atoms with Crippen LogP contribution in [-0.4, -0.2) is 47.8 Å². The average molecular weight is 354 g/mol. The molecule has 0 aromatic heterocycles. The number of rotatable bonds is 3. The van der Waals surface area contributed by atoms with Gasteiger partial charge in [-0.3, -0.25) is 9.59 Å². The van der Waals surface area contributed by atoms with E-state index in [1.54, 1.807) is 28.0 Å². The lowest BCUT2D eigenvalue weighted by Crippen LogP contribution is -2.51. The maximum Gasteiger partial charge on any atom is 0.254 e. The molecule has 2 aromatic rings. The second kappa shape index (κ2) is 7.68. The van der Waals surface area contributed by atoms with Crippen LogP contribution < -0.4 is 0 Å². The van der Waals surface area contributed by atoms with Gasteiger partial charge in [0.25, 0.3) is 5.91 Å². The van der Waals surface area contributed by atoms with Crippen LogP contribution in [0.2, 0.25) is 0 Å². The molecule has 1 heterocycles. The molecule has 2 amide bonds. The van der Waals surface area contributed by atoms with Crippen LogP contribution >= 0.6 is 0 Å². The van der Waals surface area contributed by atoms with Crippen molar-refractivity contribution in [1.82, 2.24) is 9.80 Å². The van der Waals surface area contributed by atoms with Crippen molar-refractivity contribution in [2.75, 3.05) is 26.2 Å². The molecule has 1 aliphatic rings. The predicted octanol–water partition coefficient (Wildman–Crippen LogP) is 2.97. The molecule has 0 aliphatic carbocycles. The number of benzene rings is 2. The van der Waals surface area contributed by atoms with Gasteiger partial charge in [-0.2, -0.15) is 0 Å². The third kappa shape index (κ3) is 3.93. The van der Waals surface area contributed by atoms with Crippen molar-refractivity contribution >= 4 is 11.8 Å². The van der Waals surface area contributed by atoms with Crippen LogP contribution in [0.15, 0.2) is 42.5 Å². The quantitative estimate of drug-likeness (QED) is 0.850. The van der Waals surface area contributed by atoms with E-state index in [9.17, 15) is 14.0 Å². The third-order valence-electron chi connectivity index (χ3n) is 4.83. The molecule has 0 atom stereocenters. The van der Waals surface area contributed by atoms with E-state index in [1.807, 2.05) is 32.0 Å². The van der Waals surface area contributed by atoms with Crippen molar-refractivity contribution in [1.29, 1.82) is 0 Å². The van der Waals surface area contributed by atoms with Gasteiger partial charge in [-0.25, -0.2) is 4.39 Å². The second-order valence-electron chi connectivity index (χ2n) is 6.76. The SMILES string of the molecule is Cc1ccc(C(=O)N2CCN(C(=O)Cc3ccccc3F)CC2)c(C)c1. The summed E-state index contributed by atoms with van der Waals surface area (Å²) >= 11 is 0. The molecule has 136 valence electrons. The molecule has 5 heteroatoms. The molecule has 26 heavy (non-hydrogen) atoms. The lowest BCUT2D eigenvalue weighted by molar-refractivity contribution is -0.132. The van der Waals surface area contributed by atoms with E-state index in [0.717, 1.165) is 11.1 Å². The summed E-state index contributed by atoms with van der Waals surface area (Å²) in [5.41, 5.74) is 3.21. The monoisotopic (exact) mass is 354 g/mol. The van der Waals surface area contributed by atoms with E-state index in [0.29, 0.717) is 37.3 Å². The third-order valence-corrected chi connectivity index (χ3v) is 4.83. The molecule has 0 bridgehead atoms.